The van der Waals surface area contributed by atoms with E-state index in [2.05, 4.69) is 9.74 Å². The maximum absolute atomic E-state index is 15.7. The first-order valence-corrected chi connectivity index (χ1v) is 15.7. The maximum Gasteiger partial charge on any atom is 0.493 e. The molecule has 0 N–H and O–H groups in total. The molecule has 1 aliphatic heterocycles. The van der Waals surface area contributed by atoms with Crippen molar-refractivity contribution in [2.24, 2.45) is 5.92 Å². The summed E-state index contributed by atoms with van der Waals surface area (Å²) in [6.07, 6.45) is -2.36. The van der Waals surface area contributed by atoms with Crippen molar-refractivity contribution in [3.05, 3.63) is 62.9 Å². The maximum atomic E-state index is 15.7. The number of rotatable bonds is 8. The van der Waals surface area contributed by atoms with Crippen LogP contribution in [0.15, 0.2) is 30.3 Å². The minimum Gasteiger partial charge on any atom is -0.493 e. The molecular weight excluding hydrogens is 627 g/mol. The van der Waals surface area contributed by atoms with E-state index < -0.39 is 43.9 Å². The number of carbonyl (C=O) groups excluding carboxylic acids is 2. The Morgan fingerprint density at radius 3 is 2.33 bits per heavy atom. The van der Waals surface area contributed by atoms with Crippen LogP contribution in [0.2, 0.25) is 10.0 Å². The first-order chi connectivity index (χ1) is 19.6. The molecule has 8 nitrogen and oxygen atoms in total. The third-order valence-electron chi connectivity index (χ3n) is 7.16. The SMILES string of the molecule is C[C@H](c1cc(Cl)cc(Cl)c1)N1CCC[C@H](COc2ccc(C(=O)N(OC(=O)C(F)(F)F)S(C)(=O)=O)c(F)c2C2CC2)C1. The number of halogens is 6. The number of amides is 1. The third-order valence-corrected chi connectivity index (χ3v) is 8.44. The van der Waals surface area contributed by atoms with Crippen LogP contribution in [-0.4, -0.2) is 61.8 Å². The Labute approximate surface area is 250 Å². The lowest BCUT2D eigenvalue weighted by molar-refractivity contribution is -0.216. The van der Waals surface area contributed by atoms with E-state index in [4.69, 9.17) is 27.9 Å². The number of hydrogen-bond donors (Lipinski definition) is 0. The zero-order valence-corrected chi connectivity index (χ0v) is 24.9. The topological polar surface area (TPSA) is 93.2 Å². The number of likely N-dealkylation sites (tertiary alicyclic amines) is 1. The lowest BCUT2D eigenvalue weighted by Crippen LogP contribution is -2.42. The molecule has 15 heteroatoms. The number of hydroxylamine groups is 1. The van der Waals surface area contributed by atoms with Crippen LogP contribution in [0.5, 0.6) is 5.75 Å². The lowest BCUT2D eigenvalue weighted by Gasteiger charge is -2.37. The van der Waals surface area contributed by atoms with Gasteiger partial charge in [0, 0.05) is 34.1 Å². The number of sulfonamides is 1. The molecule has 2 aliphatic rings. The van der Waals surface area contributed by atoms with Crippen LogP contribution >= 0.6 is 23.2 Å². The fourth-order valence-corrected chi connectivity index (χ4v) is 6.07. The molecule has 2 aromatic carbocycles. The Bertz CT molecular complexity index is 1450. The van der Waals surface area contributed by atoms with E-state index in [1.807, 2.05) is 19.1 Å². The third kappa shape index (κ3) is 7.66. The molecule has 4 rings (SSSR count). The van der Waals surface area contributed by atoms with E-state index in [1.54, 1.807) is 6.07 Å². The first-order valence-electron chi connectivity index (χ1n) is 13.0. The quantitative estimate of drug-likeness (QED) is 0.244. The molecule has 1 amide bonds. The summed E-state index contributed by atoms with van der Waals surface area (Å²) in [7, 11) is -4.85. The zero-order valence-electron chi connectivity index (χ0n) is 22.6. The molecule has 1 saturated heterocycles. The van der Waals surface area contributed by atoms with E-state index in [0.717, 1.165) is 31.0 Å². The summed E-state index contributed by atoms with van der Waals surface area (Å²) in [5, 5.41) is 1.08. The molecule has 230 valence electrons. The predicted octanol–water partition coefficient (Wildman–Crippen LogP) is 6.28. The van der Waals surface area contributed by atoms with E-state index in [1.165, 1.54) is 6.07 Å². The van der Waals surface area contributed by atoms with Crippen molar-refractivity contribution in [2.45, 2.75) is 50.7 Å². The van der Waals surface area contributed by atoms with Gasteiger partial charge in [0.25, 0.3) is 10.0 Å². The summed E-state index contributed by atoms with van der Waals surface area (Å²) in [4.78, 5) is 30.2. The number of nitrogens with zero attached hydrogens (tertiary/aromatic N) is 2. The summed E-state index contributed by atoms with van der Waals surface area (Å²) < 4.78 is 83.0. The Balaban J connectivity index is 1.51. The van der Waals surface area contributed by atoms with E-state index in [0.29, 0.717) is 35.7 Å². The van der Waals surface area contributed by atoms with Crippen molar-refractivity contribution < 1.29 is 45.1 Å². The van der Waals surface area contributed by atoms with Gasteiger partial charge in [-0.25, -0.2) is 17.6 Å². The molecule has 42 heavy (non-hydrogen) atoms. The molecule has 0 spiro atoms. The summed E-state index contributed by atoms with van der Waals surface area (Å²) in [5.74, 6) is -5.97. The molecule has 1 heterocycles. The highest BCUT2D eigenvalue weighted by Crippen LogP contribution is 2.46. The van der Waals surface area contributed by atoms with Crippen LogP contribution in [0.4, 0.5) is 17.6 Å². The van der Waals surface area contributed by atoms with Gasteiger partial charge in [-0.15, -0.1) is 0 Å². The average Bonchev–Trinajstić information content (AvgIpc) is 3.73. The Kier molecular flexibility index (Phi) is 9.66. The molecule has 0 radical (unpaired) electrons. The van der Waals surface area contributed by atoms with E-state index in [9.17, 15) is 31.2 Å². The monoisotopic (exact) mass is 654 g/mol. The number of alkyl halides is 3. The van der Waals surface area contributed by atoms with Crippen LogP contribution in [0, 0.1) is 11.7 Å². The summed E-state index contributed by atoms with van der Waals surface area (Å²) in [6, 6.07) is 7.58. The highest BCUT2D eigenvalue weighted by Gasteiger charge is 2.46. The molecule has 1 saturated carbocycles. The van der Waals surface area contributed by atoms with Crippen molar-refractivity contribution >= 4 is 45.1 Å². The normalized spacial score (nSPS) is 18.8. The van der Waals surface area contributed by atoms with Crippen molar-refractivity contribution in [1.82, 2.24) is 9.37 Å². The van der Waals surface area contributed by atoms with Gasteiger partial charge in [0.05, 0.1) is 18.4 Å². The summed E-state index contributed by atoms with van der Waals surface area (Å²) >= 11 is 12.3. The predicted molar refractivity (Wildman–Crippen MR) is 146 cm³/mol. The summed E-state index contributed by atoms with van der Waals surface area (Å²) in [6.45, 7) is 3.80. The smallest absolute Gasteiger partial charge is 0.493 e. The standard InChI is InChI=1S/C27H28Cl2F4N2O6S/c1-15(18-10-19(28)12-20(29)11-18)34-9-3-4-16(13-34)14-40-22-8-7-21(24(30)23(22)17-5-6-17)25(36)35(42(2,38)39)41-26(37)27(31,32)33/h7-8,10-12,15-17H,3-6,9,13-14H2,1-2H3/t15-,16+/m1/s1. The molecule has 0 unspecified atom stereocenters. The second kappa shape index (κ2) is 12.6. The Morgan fingerprint density at radius 2 is 1.76 bits per heavy atom. The molecular formula is C27H28Cl2F4N2O6S. The molecule has 1 aliphatic carbocycles. The minimum absolute atomic E-state index is 0.0195. The van der Waals surface area contributed by atoms with Gasteiger partial charge in [0.2, 0.25) is 0 Å². The first kappa shape index (κ1) is 32.3. The highest BCUT2D eigenvalue weighted by molar-refractivity contribution is 7.88. The van der Waals surface area contributed by atoms with Crippen molar-refractivity contribution in [2.75, 3.05) is 26.0 Å². The van der Waals surface area contributed by atoms with Crippen molar-refractivity contribution in [3.63, 3.8) is 0 Å². The molecule has 0 bridgehead atoms. The van der Waals surface area contributed by atoms with Gasteiger partial charge in [-0.3, -0.25) is 9.69 Å². The second-order valence-electron chi connectivity index (χ2n) is 10.5. The van der Waals surface area contributed by atoms with Gasteiger partial charge in [-0.1, -0.05) is 27.7 Å². The number of piperidine rings is 1. The Hall–Kier alpha value is -2.61. The van der Waals surface area contributed by atoms with E-state index in [-0.39, 0.29) is 35.8 Å². The van der Waals surface area contributed by atoms with Gasteiger partial charge in [-0.05, 0) is 81.0 Å². The molecule has 2 aromatic rings. The number of benzene rings is 2. The second-order valence-corrected chi connectivity index (χ2v) is 13.1. The number of ether oxygens (including phenoxy) is 1. The van der Waals surface area contributed by atoms with Crippen LogP contribution in [0.25, 0.3) is 0 Å². The fraction of sp³-hybridized carbons (Fsp3) is 0.481. The van der Waals surface area contributed by atoms with Gasteiger partial charge in [-0.2, -0.15) is 13.2 Å². The van der Waals surface area contributed by atoms with E-state index >= 15 is 4.39 Å². The molecule has 2 atom stereocenters. The fourth-order valence-electron chi connectivity index (χ4n) is 4.92. The number of hydrogen-bond acceptors (Lipinski definition) is 7. The largest absolute Gasteiger partial charge is 0.493 e. The van der Waals surface area contributed by atoms with Gasteiger partial charge in [0.1, 0.15) is 11.6 Å². The van der Waals surface area contributed by atoms with Crippen LogP contribution in [0.3, 0.4) is 0 Å². The molecule has 2 fully saturated rings. The number of carbonyl (C=O) groups is 2. The average molecular weight is 655 g/mol. The van der Waals surface area contributed by atoms with Crippen molar-refractivity contribution in [1.29, 1.82) is 0 Å². The van der Waals surface area contributed by atoms with Crippen LogP contribution in [-0.2, 0) is 19.7 Å². The van der Waals surface area contributed by atoms with Gasteiger partial charge >= 0.3 is 18.1 Å². The summed E-state index contributed by atoms with van der Waals surface area (Å²) in [5.41, 5.74) is 0.116. The van der Waals surface area contributed by atoms with Crippen LogP contribution < -0.4 is 4.74 Å². The Morgan fingerprint density at radius 1 is 1.12 bits per heavy atom. The lowest BCUT2D eigenvalue weighted by atomic mass is 9.95. The van der Waals surface area contributed by atoms with Crippen molar-refractivity contribution in [3.8, 4) is 5.75 Å². The van der Waals surface area contributed by atoms with Gasteiger partial charge < -0.3 is 9.57 Å². The van der Waals surface area contributed by atoms with Crippen LogP contribution in [0.1, 0.15) is 66.1 Å². The molecule has 0 aromatic heterocycles. The van der Waals surface area contributed by atoms with Gasteiger partial charge in [0.15, 0.2) is 0 Å². The highest BCUT2D eigenvalue weighted by atomic mass is 35.5. The minimum atomic E-state index is -5.59. The zero-order chi connectivity index (χ0) is 31.0.